The van der Waals surface area contributed by atoms with Crippen molar-refractivity contribution in [3.05, 3.63) is 5.92 Å². The maximum Gasteiger partial charge on any atom is 0.0830 e. The van der Waals surface area contributed by atoms with Crippen molar-refractivity contribution in [2.45, 2.75) is 26.0 Å². The quantitative estimate of drug-likeness (QED) is 0.573. The lowest BCUT2D eigenvalue weighted by atomic mass is 10.2. The largest absolute Gasteiger partial charge is 0.390 e. The fourth-order valence-electron chi connectivity index (χ4n) is 1.47. The van der Waals surface area contributed by atoms with Crippen LogP contribution < -0.4 is 5.73 Å². The van der Waals surface area contributed by atoms with Gasteiger partial charge in [0.1, 0.15) is 0 Å². The minimum atomic E-state index is -0.325. The molecule has 1 rings (SSSR count). The molecule has 1 radical (unpaired) electrons. The first-order valence-electron chi connectivity index (χ1n) is 4.04. The second-order valence-electron chi connectivity index (χ2n) is 3.63. The van der Waals surface area contributed by atoms with Crippen LogP contribution in [-0.2, 0) is 0 Å². The van der Waals surface area contributed by atoms with Gasteiger partial charge in [-0.2, -0.15) is 0 Å². The average molecular weight is 157 g/mol. The normalized spacial score (nSPS) is 33.5. The van der Waals surface area contributed by atoms with Gasteiger partial charge >= 0.3 is 0 Å². The molecular weight excluding hydrogens is 140 g/mol. The minimum absolute atomic E-state index is 0.0469. The third kappa shape index (κ3) is 2.43. The third-order valence-electron chi connectivity index (χ3n) is 1.95. The van der Waals surface area contributed by atoms with Gasteiger partial charge in [0.15, 0.2) is 0 Å². The predicted molar refractivity (Wildman–Crippen MR) is 45.0 cm³/mol. The second kappa shape index (κ2) is 3.52. The smallest absolute Gasteiger partial charge is 0.0830 e. The van der Waals surface area contributed by atoms with Gasteiger partial charge in [0.2, 0.25) is 0 Å². The summed E-state index contributed by atoms with van der Waals surface area (Å²) in [6, 6.07) is -0.0469. The van der Waals surface area contributed by atoms with E-state index in [-0.39, 0.29) is 12.1 Å². The Morgan fingerprint density at radius 3 is 2.55 bits per heavy atom. The van der Waals surface area contributed by atoms with E-state index < -0.39 is 0 Å². The Balaban J connectivity index is 2.29. The maximum absolute atomic E-state index is 9.31. The Kier molecular flexibility index (Phi) is 2.87. The van der Waals surface area contributed by atoms with Crippen molar-refractivity contribution in [2.24, 2.45) is 5.73 Å². The Labute approximate surface area is 68.2 Å². The van der Waals surface area contributed by atoms with Crippen molar-refractivity contribution in [1.82, 2.24) is 4.90 Å². The summed E-state index contributed by atoms with van der Waals surface area (Å²) in [5.74, 6) is 1.37. The number of aliphatic hydroxyl groups is 1. The van der Waals surface area contributed by atoms with Crippen molar-refractivity contribution >= 4 is 0 Å². The lowest BCUT2D eigenvalue weighted by molar-refractivity contribution is 0.166. The van der Waals surface area contributed by atoms with Gasteiger partial charge < -0.3 is 10.8 Å². The van der Waals surface area contributed by atoms with Gasteiger partial charge in [0, 0.05) is 25.7 Å². The Morgan fingerprint density at radius 1 is 1.55 bits per heavy atom. The molecule has 0 aromatic rings. The Morgan fingerprint density at radius 2 is 2.18 bits per heavy atom. The highest BCUT2D eigenvalue weighted by Gasteiger charge is 2.28. The first-order chi connectivity index (χ1) is 5.09. The van der Waals surface area contributed by atoms with E-state index in [4.69, 9.17) is 5.73 Å². The van der Waals surface area contributed by atoms with Crippen LogP contribution in [0.4, 0.5) is 0 Å². The summed E-state index contributed by atoms with van der Waals surface area (Å²) in [5, 5.41) is 9.31. The first-order valence-corrected chi connectivity index (χ1v) is 4.04. The molecule has 1 aliphatic rings. The second-order valence-corrected chi connectivity index (χ2v) is 3.63. The number of nitrogens with zero attached hydrogens (tertiary/aromatic N) is 1. The first kappa shape index (κ1) is 8.97. The zero-order valence-corrected chi connectivity index (χ0v) is 7.25. The van der Waals surface area contributed by atoms with Crippen LogP contribution in [0, 0.1) is 5.92 Å². The van der Waals surface area contributed by atoms with Gasteiger partial charge in [-0.25, -0.2) is 0 Å². The fourth-order valence-corrected chi connectivity index (χ4v) is 1.47. The lowest BCUT2D eigenvalue weighted by Crippen LogP contribution is -2.32. The van der Waals surface area contributed by atoms with Gasteiger partial charge in [0.25, 0.3) is 0 Å². The molecule has 1 fully saturated rings. The van der Waals surface area contributed by atoms with Crippen molar-refractivity contribution in [3.8, 4) is 0 Å². The van der Waals surface area contributed by atoms with Gasteiger partial charge in [-0.1, -0.05) is 13.8 Å². The van der Waals surface area contributed by atoms with Crippen molar-refractivity contribution in [1.29, 1.82) is 0 Å². The van der Waals surface area contributed by atoms with E-state index in [1.807, 2.05) is 0 Å². The monoisotopic (exact) mass is 157 g/mol. The van der Waals surface area contributed by atoms with Gasteiger partial charge in [0.05, 0.1) is 6.10 Å². The molecule has 65 valence electrons. The average Bonchev–Trinajstić information content (AvgIpc) is 2.10. The van der Waals surface area contributed by atoms with E-state index >= 15 is 0 Å². The zero-order chi connectivity index (χ0) is 8.43. The highest BCUT2D eigenvalue weighted by molar-refractivity contribution is 4.91. The molecule has 3 nitrogen and oxygen atoms in total. The molecule has 0 unspecified atom stereocenters. The molecule has 2 atom stereocenters. The van der Waals surface area contributed by atoms with E-state index in [9.17, 15) is 5.11 Å². The summed E-state index contributed by atoms with van der Waals surface area (Å²) in [6.45, 7) is 6.70. The summed E-state index contributed by atoms with van der Waals surface area (Å²) < 4.78 is 0. The predicted octanol–water partition coefficient (Wildman–Crippen LogP) is -0.396. The summed E-state index contributed by atoms with van der Waals surface area (Å²) in [5.41, 5.74) is 5.64. The highest BCUT2D eigenvalue weighted by Crippen LogP contribution is 2.10. The van der Waals surface area contributed by atoms with Crippen LogP contribution in [0.25, 0.3) is 0 Å². The van der Waals surface area contributed by atoms with E-state index in [2.05, 4.69) is 18.7 Å². The summed E-state index contributed by atoms with van der Waals surface area (Å²) >= 11 is 0. The summed E-state index contributed by atoms with van der Waals surface area (Å²) in [7, 11) is 0. The van der Waals surface area contributed by atoms with Crippen LogP contribution in [0.2, 0.25) is 0 Å². The molecular formula is C8H17N2O. The molecule has 0 amide bonds. The summed E-state index contributed by atoms with van der Waals surface area (Å²) in [4.78, 5) is 2.19. The lowest BCUT2D eigenvalue weighted by Gasteiger charge is -2.16. The molecule has 1 heterocycles. The van der Waals surface area contributed by atoms with Crippen molar-refractivity contribution in [2.75, 3.05) is 19.6 Å². The SMILES string of the molecule is C[C](C)CN1C[C@H](N)[C@@H](O)C1. The molecule has 11 heavy (non-hydrogen) atoms. The van der Waals surface area contributed by atoms with E-state index in [0.717, 1.165) is 19.6 Å². The number of hydrogen-bond acceptors (Lipinski definition) is 3. The maximum atomic E-state index is 9.31. The van der Waals surface area contributed by atoms with E-state index in [1.165, 1.54) is 5.92 Å². The molecule has 0 saturated carbocycles. The van der Waals surface area contributed by atoms with Crippen LogP contribution in [0.15, 0.2) is 0 Å². The molecule has 1 aliphatic heterocycles. The van der Waals surface area contributed by atoms with E-state index in [0.29, 0.717) is 0 Å². The molecule has 0 aromatic heterocycles. The fraction of sp³-hybridized carbons (Fsp3) is 0.875. The molecule has 0 bridgehead atoms. The number of hydrogen-bond donors (Lipinski definition) is 2. The highest BCUT2D eigenvalue weighted by atomic mass is 16.3. The summed E-state index contributed by atoms with van der Waals surface area (Å²) in [6.07, 6.45) is -0.325. The Bertz CT molecular complexity index is 115. The molecule has 0 aromatic carbocycles. The third-order valence-corrected chi connectivity index (χ3v) is 1.95. The van der Waals surface area contributed by atoms with Crippen LogP contribution in [0.1, 0.15) is 13.8 Å². The Hall–Kier alpha value is -0.120. The zero-order valence-electron chi connectivity index (χ0n) is 7.25. The van der Waals surface area contributed by atoms with Crippen molar-refractivity contribution in [3.63, 3.8) is 0 Å². The van der Waals surface area contributed by atoms with Crippen LogP contribution in [0.5, 0.6) is 0 Å². The molecule has 1 saturated heterocycles. The van der Waals surface area contributed by atoms with Crippen LogP contribution >= 0.6 is 0 Å². The van der Waals surface area contributed by atoms with Gasteiger partial charge in [-0.3, -0.25) is 4.90 Å². The topological polar surface area (TPSA) is 49.5 Å². The van der Waals surface area contributed by atoms with Crippen LogP contribution in [0.3, 0.4) is 0 Å². The number of nitrogens with two attached hydrogens (primary N) is 1. The molecule has 0 aliphatic carbocycles. The number of aliphatic hydroxyl groups excluding tert-OH is 1. The van der Waals surface area contributed by atoms with E-state index in [1.54, 1.807) is 0 Å². The van der Waals surface area contributed by atoms with Crippen molar-refractivity contribution < 1.29 is 5.11 Å². The number of β-amino-alcohol motifs (C(OH)–C–C–N with tert-alkyl or cyclic N) is 1. The number of likely N-dealkylation sites (tertiary alicyclic amines) is 1. The van der Waals surface area contributed by atoms with Gasteiger partial charge in [-0.05, 0) is 5.92 Å². The molecule has 3 N–H and O–H groups in total. The number of rotatable bonds is 2. The van der Waals surface area contributed by atoms with Gasteiger partial charge in [-0.15, -0.1) is 0 Å². The minimum Gasteiger partial charge on any atom is -0.390 e. The standard InChI is InChI=1S/C8H17N2O/c1-6(2)3-10-4-7(9)8(11)5-10/h7-8,11H,3-5,9H2,1-2H3/t7-,8-/m0/s1. The van der Waals surface area contributed by atoms with Crippen LogP contribution in [-0.4, -0.2) is 41.8 Å². The molecule has 0 spiro atoms. The molecule has 3 heteroatoms.